The predicted octanol–water partition coefficient (Wildman–Crippen LogP) is 2.19. The quantitative estimate of drug-likeness (QED) is 0.412. The number of guanidine groups is 1. The number of nitrogens with zero attached hydrogens (tertiary/aromatic N) is 4. The number of aliphatic imine (C=N–C) groups is 1. The Morgan fingerprint density at radius 1 is 1.15 bits per heavy atom. The number of halogens is 1. The second-order valence-corrected chi connectivity index (χ2v) is 6.62. The molecule has 8 nitrogen and oxygen atoms in total. The van der Waals surface area contributed by atoms with E-state index >= 15 is 0 Å². The summed E-state index contributed by atoms with van der Waals surface area (Å²) >= 11 is 3.37. The van der Waals surface area contributed by atoms with Crippen LogP contribution in [0.15, 0.2) is 58.1 Å². The molecule has 3 rings (SSSR count). The largest absolute Gasteiger partial charge is 0.356 e. The van der Waals surface area contributed by atoms with Crippen molar-refractivity contribution < 1.29 is 4.79 Å². The van der Waals surface area contributed by atoms with Crippen molar-refractivity contribution >= 4 is 39.1 Å². The van der Waals surface area contributed by atoms with Gasteiger partial charge in [0.1, 0.15) is 0 Å². The van der Waals surface area contributed by atoms with Crippen LogP contribution in [0.1, 0.15) is 12.2 Å². The third kappa shape index (κ3) is 5.27. The monoisotopic (exact) mass is 429 g/mol. The fraction of sp³-hybridized carbons (Fsp3) is 0.222. The Morgan fingerprint density at radius 3 is 2.74 bits per heavy atom. The number of carbonyl (C=O) groups excluding carboxylic acids is 1. The highest BCUT2D eigenvalue weighted by atomic mass is 79.9. The van der Waals surface area contributed by atoms with Gasteiger partial charge in [-0.3, -0.25) is 14.2 Å². The van der Waals surface area contributed by atoms with Gasteiger partial charge in [-0.25, -0.2) is 0 Å². The predicted molar refractivity (Wildman–Crippen MR) is 109 cm³/mol. The first-order valence-electron chi connectivity index (χ1n) is 8.44. The molecule has 0 aliphatic rings. The minimum Gasteiger partial charge on any atom is -0.356 e. The van der Waals surface area contributed by atoms with Crippen molar-refractivity contribution in [3.8, 4) is 0 Å². The van der Waals surface area contributed by atoms with E-state index < -0.39 is 0 Å². The summed E-state index contributed by atoms with van der Waals surface area (Å²) in [7, 11) is 1.68. The lowest BCUT2D eigenvalue weighted by molar-refractivity contribution is -0.116. The lowest BCUT2D eigenvalue weighted by atomic mass is 10.3. The number of carbonyl (C=O) groups is 1. The first-order valence-corrected chi connectivity index (χ1v) is 9.23. The number of fused-ring (bicyclic) bond motifs is 1. The lowest BCUT2D eigenvalue weighted by Gasteiger charge is -2.11. The van der Waals surface area contributed by atoms with Crippen molar-refractivity contribution in [1.82, 2.24) is 25.2 Å². The van der Waals surface area contributed by atoms with E-state index in [1.807, 2.05) is 53.1 Å². The molecule has 1 aromatic carbocycles. The Hall–Kier alpha value is -2.94. The summed E-state index contributed by atoms with van der Waals surface area (Å²) in [6.45, 7) is 0.929. The molecule has 0 saturated carbocycles. The summed E-state index contributed by atoms with van der Waals surface area (Å²) in [5.41, 5.74) is 1.56. The summed E-state index contributed by atoms with van der Waals surface area (Å²) in [5, 5.41) is 17.4. The van der Waals surface area contributed by atoms with E-state index in [-0.39, 0.29) is 5.91 Å². The van der Waals surface area contributed by atoms with Crippen molar-refractivity contribution in [3.63, 3.8) is 0 Å². The molecule has 0 bridgehead atoms. The van der Waals surface area contributed by atoms with Crippen LogP contribution in [0.5, 0.6) is 0 Å². The van der Waals surface area contributed by atoms with Crippen molar-refractivity contribution in [3.05, 3.63) is 59.0 Å². The van der Waals surface area contributed by atoms with Crippen LogP contribution in [-0.2, 0) is 11.3 Å². The highest BCUT2D eigenvalue weighted by Gasteiger charge is 2.07. The third-order valence-corrected chi connectivity index (χ3v) is 4.32. The van der Waals surface area contributed by atoms with Gasteiger partial charge in [-0.1, -0.05) is 22.0 Å². The van der Waals surface area contributed by atoms with Crippen molar-refractivity contribution in [2.24, 2.45) is 4.99 Å². The number of hydrogen-bond acceptors (Lipinski definition) is 4. The van der Waals surface area contributed by atoms with Crippen LogP contribution >= 0.6 is 15.9 Å². The lowest BCUT2D eigenvalue weighted by Crippen LogP contribution is -2.38. The van der Waals surface area contributed by atoms with Crippen LogP contribution in [0.4, 0.5) is 5.69 Å². The van der Waals surface area contributed by atoms with E-state index in [0.717, 1.165) is 21.6 Å². The molecule has 0 spiro atoms. The van der Waals surface area contributed by atoms with Crippen molar-refractivity contribution in [2.45, 2.75) is 13.0 Å². The SMILES string of the molecule is CN=C(NCCC(=O)Nc1ccc(Br)cc1)NCc1nnc2ccccn12. The Balaban J connectivity index is 1.43. The molecule has 0 radical (unpaired) electrons. The zero-order valence-corrected chi connectivity index (χ0v) is 16.4. The average molecular weight is 430 g/mol. The minimum absolute atomic E-state index is 0.0660. The fourth-order valence-corrected chi connectivity index (χ4v) is 2.71. The topological polar surface area (TPSA) is 95.7 Å². The van der Waals surface area contributed by atoms with Crippen molar-refractivity contribution in [2.75, 3.05) is 18.9 Å². The summed E-state index contributed by atoms with van der Waals surface area (Å²) in [6.07, 6.45) is 2.24. The van der Waals surface area contributed by atoms with Gasteiger partial charge >= 0.3 is 0 Å². The third-order valence-electron chi connectivity index (χ3n) is 3.79. The van der Waals surface area contributed by atoms with Gasteiger partial charge in [0.25, 0.3) is 0 Å². The molecule has 0 unspecified atom stereocenters. The van der Waals surface area contributed by atoms with E-state index in [1.54, 1.807) is 7.05 Å². The first kappa shape index (κ1) is 18.8. The Morgan fingerprint density at radius 2 is 1.96 bits per heavy atom. The number of anilines is 1. The van der Waals surface area contributed by atoms with Gasteiger partial charge in [0, 0.05) is 36.4 Å². The first-order chi connectivity index (χ1) is 13.2. The molecule has 2 heterocycles. The normalized spacial score (nSPS) is 11.4. The van der Waals surface area contributed by atoms with Gasteiger partial charge in [-0.2, -0.15) is 0 Å². The van der Waals surface area contributed by atoms with Gasteiger partial charge in [0.15, 0.2) is 17.4 Å². The highest BCUT2D eigenvalue weighted by molar-refractivity contribution is 9.10. The molecule has 0 aliphatic heterocycles. The zero-order valence-electron chi connectivity index (χ0n) is 14.8. The summed E-state index contributed by atoms with van der Waals surface area (Å²) in [6, 6.07) is 13.2. The molecular weight excluding hydrogens is 410 g/mol. The maximum Gasteiger partial charge on any atom is 0.226 e. The Bertz CT molecular complexity index is 936. The van der Waals surface area contributed by atoms with E-state index in [4.69, 9.17) is 0 Å². The van der Waals surface area contributed by atoms with Gasteiger partial charge in [0.2, 0.25) is 5.91 Å². The molecule has 0 fully saturated rings. The number of benzene rings is 1. The molecule has 3 N–H and O–H groups in total. The van der Waals surface area contributed by atoms with E-state index in [0.29, 0.717) is 25.5 Å². The maximum atomic E-state index is 12.0. The second-order valence-electron chi connectivity index (χ2n) is 5.70. The van der Waals surface area contributed by atoms with E-state index in [9.17, 15) is 4.79 Å². The van der Waals surface area contributed by atoms with Crippen LogP contribution < -0.4 is 16.0 Å². The van der Waals surface area contributed by atoms with Crippen LogP contribution in [0.25, 0.3) is 5.65 Å². The number of hydrogen-bond donors (Lipinski definition) is 3. The molecule has 140 valence electrons. The van der Waals surface area contributed by atoms with Gasteiger partial charge in [-0.05, 0) is 36.4 Å². The molecule has 0 saturated heterocycles. The Labute approximate surface area is 165 Å². The zero-order chi connectivity index (χ0) is 19.1. The Kier molecular flexibility index (Phi) is 6.37. The molecule has 0 atom stereocenters. The summed E-state index contributed by atoms with van der Waals surface area (Å²) in [5.74, 6) is 1.31. The number of aromatic nitrogens is 3. The second kappa shape index (κ2) is 9.13. The van der Waals surface area contributed by atoms with E-state index in [2.05, 4.69) is 47.1 Å². The minimum atomic E-state index is -0.0660. The van der Waals surface area contributed by atoms with Gasteiger partial charge in [-0.15, -0.1) is 10.2 Å². The smallest absolute Gasteiger partial charge is 0.226 e. The van der Waals surface area contributed by atoms with Crippen LogP contribution in [0, 0.1) is 0 Å². The van der Waals surface area contributed by atoms with E-state index in [1.165, 1.54) is 0 Å². The van der Waals surface area contributed by atoms with Gasteiger partial charge < -0.3 is 16.0 Å². The summed E-state index contributed by atoms with van der Waals surface area (Å²) < 4.78 is 2.88. The highest BCUT2D eigenvalue weighted by Crippen LogP contribution is 2.14. The summed E-state index contributed by atoms with van der Waals surface area (Å²) in [4.78, 5) is 16.2. The fourth-order valence-electron chi connectivity index (χ4n) is 2.45. The maximum absolute atomic E-state index is 12.0. The number of pyridine rings is 1. The van der Waals surface area contributed by atoms with Crippen LogP contribution in [-0.4, -0.2) is 40.1 Å². The molecule has 3 aromatic rings. The molecule has 27 heavy (non-hydrogen) atoms. The molecule has 1 amide bonds. The molecular formula is C18H20BrN7O. The van der Waals surface area contributed by atoms with Crippen LogP contribution in [0.3, 0.4) is 0 Å². The number of rotatable bonds is 6. The van der Waals surface area contributed by atoms with Gasteiger partial charge in [0.05, 0.1) is 6.54 Å². The number of nitrogens with one attached hydrogen (secondary N) is 3. The average Bonchev–Trinajstić information content (AvgIpc) is 3.09. The van der Waals surface area contributed by atoms with Crippen LogP contribution in [0.2, 0.25) is 0 Å². The van der Waals surface area contributed by atoms with Crippen molar-refractivity contribution in [1.29, 1.82) is 0 Å². The standard InChI is InChI=1S/C18H20BrN7O/c1-20-18(22-12-16-25-24-15-4-2-3-11-26(15)16)21-10-9-17(27)23-14-7-5-13(19)6-8-14/h2-8,11H,9-10,12H2,1H3,(H,23,27)(H2,20,21,22). The number of amides is 1. The molecule has 2 aromatic heterocycles. The molecule has 9 heteroatoms. The molecule has 0 aliphatic carbocycles.